The summed E-state index contributed by atoms with van der Waals surface area (Å²) in [6.07, 6.45) is 0. The number of rotatable bonds is 5. The lowest BCUT2D eigenvalue weighted by Gasteiger charge is -2.07. The van der Waals surface area contributed by atoms with Crippen molar-refractivity contribution >= 4 is 17.7 Å². The summed E-state index contributed by atoms with van der Waals surface area (Å²) in [5.41, 5.74) is 2.28. The Hall–Kier alpha value is -2.46. The number of aromatic nitrogens is 2. The number of halogens is 1. The molecule has 0 aliphatic rings. The first kappa shape index (κ1) is 16.9. The molecule has 0 aliphatic heterocycles. The maximum atomic E-state index is 13.7. The van der Waals surface area contributed by atoms with Crippen LogP contribution in [0.1, 0.15) is 22.5 Å². The third-order valence-electron chi connectivity index (χ3n) is 2.95. The van der Waals surface area contributed by atoms with Crippen LogP contribution in [0.2, 0.25) is 0 Å². The third kappa shape index (κ3) is 5.04. The number of carbonyl (C=O) groups is 1. The summed E-state index contributed by atoms with van der Waals surface area (Å²) in [7, 11) is 0. The molecule has 1 aromatic heterocycles. The fourth-order valence-corrected chi connectivity index (χ4v) is 2.67. The standard InChI is InChI=1S/C16H15FN4OS/c1-10-5-11(2)21-16(20-10)23-9-15(22)19-8-13-4-3-12(7-18)6-14(13)17/h3-6H,8-9H2,1-2H3,(H,19,22). The highest BCUT2D eigenvalue weighted by Gasteiger charge is 2.08. The van der Waals surface area contributed by atoms with Crippen LogP contribution >= 0.6 is 11.8 Å². The number of nitriles is 1. The first-order valence-corrected chi connectivity index (χ1v) is 7.87. The van der Waals surface area contributed by atoms with E-state index in [1.165, 1.54) is 23.9 Å². The Morgan fingerprint density at radius 2 is 2.00 bits per heavy atom. The van der Waals surface area contributed by atoms with Gasteiger partial charge < -0.3 is 5.32 Å². The van der Waals surface area contributed by atoms with E-state index in [1.54, 1.807) is 0 Å². The average Bonchev–Trinajstić information content (AvgIpc) is 2.50. The van der Waals surface area contributed by atoms with Crippen LogP contribution in [-0.2, 0) is 11.3 Å². The molecular formula is C16H15FN4OS. The van der Waals surface area contributed by atoms with E-state index in [1.807, 2.05) is 26.0 Å². The molecule has 1 aromatic carbocycles. The zero-order chi connectivity index (χ0) is 16.8. The highest BCUT2D eigenvalue weighted by atomic mass is 32.2. The molecule has 0 fully saturated rings. The summed E-state index contributed by atoms with van der Waals surface area (Å²) in [5, 5.41) is 11.9. The molecule has 0 saturated carbocycles. The molecule has 0 spiro atoms. The van der Waals surface area contributed by atoms with Gasteiger partial charge in [0.1, 0.15) is 5.82 Å². The van der Waals surface area contributed by atoms with E-state index in [9.17, 15) is 9.18 Å². The zero-order valence-corrected chi connectivity index (χ0v) is 13.6. The average molecular weight is 330 g/mol. The molecule has 0 saturated heterocycles. The van der Waals surface area contributed by atoms with Crippen LogP contribution in [0.15, 0.2) is 29.4 Å². The van der Waals surface area contributed by atoms with Gasteiger partial charge in [0.2, 0.25) is 5.91 Å². The van der Waals surface area contributed by atoms with Gasteiger partial charge in [-0.3, -0.25) is 4.79 Å². The van der Waals surface area contributed by atoms with Gasteiger partial charge in [0, 0.05) is 23.5 Å². The van der Waals surface area contributed by atoms with Crippen LogP contribution in [-0.4, -0.2) is 21.6 Å². The first-order chi connectivity index (χ1) is 11.0. The summed E-state index contributed by atoms with van der Waals surface area (Å²) in [5.74, 6) is -0.586. The fraction of sp³-hybridized carbons (Fsp3) is 0.250. The van der Waals surface area contributed by atoms with Crippen molar-refractivity contribution in [1.82, 2.24) is 15.3 Å². The Morgan fingerprint density at radius 3 is 2.61 bits per heavy atom. The highest BCUT2D eigenvalue weighted by molar-refractivity contribution is 7.99. The maximum absolute atomic E-state index is 13.7. The number of benzene rings is 1. The SMILES string of the molecule is Cc1cc(C)nc(SCC(=O)NCc2ccc(C#N)cc2F)n1. The molecule has 7 heteroatoms. The van der Waals surface area contributed by atoms with Gasteiger partial charge in [-0.25, -0.2) is 14.4 Å². The molecule has 1 heterocycles. The number of thioether (sulfide) groups is 1. The lowest BCUT2D eigenvalue weighted by atomic mass is 10.1. The van der Waals surface area contributed by atoms with Gasteiger partial charge in [0.25, 0.3) is 0 Å². The van der Waals surface area contributed by atoms with E-state index in [0.29, 0.717) is 10.7 Å². The van der Waals surface area contributed by atoms with Crippen LogP contribution in [0.4, 0.5) is 4.39 Å². The Bertz CT molecular complexity index is 753. The van der Waals surface area contributed by atoms with E-state index in [-0.39, 0.29) is 23.8 Å². The van der Waals surface area contributed by atoms with Crippen LogP contribution in [0, 0.1) is 31.0 Å². The number of hydrogen-bond donors (Lipinski definition) is 1. The van der Waals surface area contributed by atoms with Crippen molar-refractivity contribution < 1.29 is 9.18 Å². The summed E-state index contributed by atoms with van der Waals surface area (Å²) >= 11 is 1.23. The molecule has 23 heavy (non-hydrogen) atoms. The predicted molar refractivity (Wildman–Crippen MR) is 85.2 cm³/mol. The van der Waals surface area contributed by atoms with Crippen LogP contribution in [0.3, 0.4) is 0 Å². The van der Waals surface area contributed by atoms with Gasteiger partial charge in [-0.15, -0.1) is 0 Å². The number of carbonyl (C=O) groups excluding carboxylic acids is 1. The van der Waals surface area contributed by atoms with Crippen molar-refractivity contribution in [1.29, 1.82) is 5.26 Å². The minimum atomic E-state index is -0.505. The number of aryl methyl sites for hydroxylation is 2. The summed E-state index contributed by atoms with van der Waals surface area (Å²) in [6.45, 7) is 3.81. The summed E-state index contributed by atoms with van der Waals surface area (Å²) < 4.78 is 13.7. The molecule has 0 aliphatic carbocycles. The van der Waals surface area contributed by atoms with E-state index in [2.05, 4.69) is 15.3 Å². The van der Waals surface area contributed by atoms with E-state index in [4.69, 9.17) is 5.26 Å². The second-order valence-electron chi connectivity index (χ2n) is 4.92. The molecule has 0 bridgehead atoms. The normalized spacial score (nSPS) is 10.2. The van der Waals surface area contributed by atoms with Crippen LogP contribution in [0.25, 0.3) is 0 Å². The monoisotopic (exact) mass is 330 g/mol. The van der Waals surface area contributed by atoms with Gasteiger partial charge in [0.15, 0.2) is 5.16 Å². The maximum Gasteiger partial charge on any atom is 0.230 e. The van der Waals surface area contributed by atoms with Gasteiger partial charge >= 0.3 is 0 Å². The minimum Gasteiger partial charge on any atom is -0.351 e. The van der Waals surface area contributed by atoms with Crippen molar-refractivity contribution in [3.05, 3.63) is 52.6 Å². The molecule has 5 nitrogen and oxygen atoms in total. The highest BCUT2D eigenvalue weighted by Crippen LogP contribution is 2.14. The van der Waals surface area contributed by atoms with E-state index in [0.717, 1.165) is 17.5 Å². The number of nitrogens with one attached hydrogen (secondary N) is 1. The van der Waals surface area contributed by atoms with Crippen LogP contribution < -0.4 is 5.32 Å². The van der Waals surface area contributed by atoms with Crippen molar-refractivity contribution in [2.24, 2.45) is 0 Å². The zero-order valence-electron chi connectivity index (χ0n) is 12.8. The smallest absolute Gasteiger partial charge is 0.230 e. The number of nitrogens with zero attached hydrogens (tertiary/aromatic N) is 3. The van der Waals surface area contributed by atoms with E-state index >= 15 is 0 Å². The Morgan fingerprint density at radius 1 is 1.30 bits per heavy atom. The second kappa shape index (κ2) is 7.70. The molecule has 1 N–H and O–H groups in total. The first-order valence-electron chi connectivity index (χ1n) is 6.88. The van der Waals surface area contributed by atoms with Gasteiger partial charge in [-0.1, -0.05) is 17.8 Å². The van der Waals surface area contributed by atoms with E-state index < -0.39 is 5.82 Å². The quantitative estimate of drug-likeness (QED) is 0.673. The molecule has 0 radical (unpaired) electrons. The topological polar surface area (TPSA) is 78.7 Å². The molecule has 1 amide bonds. The van der Waals surface area contributed by atoms with Crippen LogP contribution in [0.5, 0.6) is 0 Å². The van der Waals surface area contributed by atoms with Gasteiger partial charge in [0.05, 0.1) is 17.4 Å². The van der Waals surface area contributed by atoms with Gasteiger partial charge in [-0.2, -0.15) is 5.26 Å². The molecular weight excluding hydrogens is 315 g/mol. The Balaban J connectivity index is 1.87. The fourth-order valence-electron chi connectivity index (χ4n) is 1.89. The van der Waals surface area contributed by atoms with Crippen molar-refractivity contribution in [3.8, 4) is 6.07 Å². The minimum absolute atomic E-state index is 0.0740. The lowest BCUT2D eigenvalue weighted by Crippen LogP contribution is -2.25. The predicted octanol–water partition coefficient (Wildman–Crippen LogP) is 2.51. The largest absolute Gasteiger partial charge is 0.351 e. The summed E-state index contributed by atoms with van der Waals surface area (Å²) in [4.78, 5) is 20.3. The third-order valence-corrected chi connectivity index (χ3v) is 3.80. The van der Waals surface area contributed by atoms with Gasteiger partial charge in [-0.05, 0) is 32.0 Å². The Kier molecular flexibility index (Phi) is 5.66. The molecule has 0 atom stereocenters. The summed E-state index contributed by atoms with van der Waals surface area (Å²) in [6, 6.07) is 7.89. The number of hydrogen-bond acceptors (Lipinski definition) is 5. The Labute approximate surface area is 138 Å². The molecule has 2 aromatic rings. The van der Waals surface area contributed by atoms with Crippen molar-refractivity contribution in [2.75, 3.05) is 5.75 Å². The van der Waals surface area contributed by atoms with Crippen molar-refractivity contribution in [3.63, 3.8) is 0 Å². The molecule has 2 rings (SSSR count). The second-order valence-corrected chi connectivity index (χ2v) is 5.86. The van der Waals surface area contributed by atoms with Crippen molar-refractivity contribution in [2.45, 2.75) is 25.5 Å². The molecule has 118 valence electrons. The molecule has 0 unspecified atom stereocenters. The number of amides is 1. The lowest BCUT2D eigenvalue weighted by molar-refractivity contribution is -0.118.